The summed E-state index contributed by atoms with van der Waals surface area (Å²) in [6.07, 6.45) is 3.66. The van der Waals surface area contributed by atoms with Gasteiger partial charge in [0, 0.05) is 37.5 Å². The highest BCUT2D eigenvalue weighted by atomic mass is 19.1. The smallest absolute Gasteiger partial charge is 0.127 e. The van der Waals surface area contributed by atoms with Crippen LogP contribution in [0.4, 0.5) is 4.39 Å². The number of benzene rings is 1. The summed E-state index contributed by atoms with van der Waals surface area (Å²) < 4.78 is 15.2. The summed E-state index contributed by atoms with van der Waals surface area (Å²) in [5.41, 5.74) is 2.00. The van der Waals surface area contributed by atoms with Crippen LogP contribution in [0.25, 0.3) is 0 Å². The molecule has 0 fully saturated rings. The van der Waals surface area contributed by atoms with E-state index in [-0.39, 0.29) is 5.82 Å². The molecule has 0 atom stereocenters. The van der Waals surface area contributed by atoms with Crippen molar-refractivity contribution in [2.24, 2.45) is 7.05 Å². The van der Waals surface area contributed by atoms with Crippen LogP contribution in [-0.2, 0) is 20.1 Å². The number of aromatic nitrogens is 2. The van der Waals surface area contributed by atoms with E-state index in [1.807, 2.05) is 19.3 Å². The van der Waals surface area contributed by atoms with Crippen LogP contribution in [0.5, 0.6) is 0 Å². The van der Waals surface area contributed by atoms with Gasteiger partial charge in [-0.2, -0.15) is 10.4 Å². The molecular formula is C13H13FN4. The Hall–Kier alpha value is -2.19. The normalized spacial score (nSPS) is 10.3. The molecule has 0 spiro atoms. The van der Waals surface area contributed by atoms with Crippen molar-refractivity contribution in [1.29, 1.82) is 5.26 Å². The van der Waals surface area contributed by atoms with Crippen LogP contribution in [0, 0.1) is 17.1 Å². The molecule has 0 aliphatic rings. The fourth-order valence-corrected chi connectivity index (χ4v) is 1.68. The van der Waals surface area contributed by atoms with E-state index in [4.69, 9.17) is 5.26 Å². The third-order valence-electron chi connectivity index (χ3n) is 2.58. The SMILES string of the molecule is Cn1cc(CNCc2cc(C#N)ccc2F)cn1. The van der Waals surface area contributed by atoms with Gasteiger partial charge >= 0.3 is 0 Å². The predicted molar refractivity (Wildman–Crippen MR) is 64.9 cm³/mol. The lowest BCUT2D eigenvalue weighted by Gasteiger charge is -2.05. The van der Waals surface area contributed by atoms with Crippen molar-refractivity contribution in [3.8, 4) is 6.07 Å². The third kappa shape index (κ3) is 2.93. The number of hydrogen-bond acceptors (Lipinski definition) is 3. The molecule has 0 aliphatic heterocycles. The quantitative estimate of drug-likeness (QED) is 0.891. The lowest BCUT2D eigenvalue weighted by Crippen LogP contribution is -2.13. The molecule has 1 heterocycles. The Morgan fingerprint density at radius 1 is 1.44 bits per heavy atom. The standard InChI is InChI=1S/C13H13FN4/c1-18-9-11(7-17-18)6-16-8-12-4-10(5-15)2-3-13(12)14/h2-4,7,9,16H,6,8H2,1H3. The minimum Gasteiger partial charge on any atom is -0.308 e. The zero-order valence-corrected chi connectivity index (χ0v) is 10.0. The molecular weight excluding hydrogens is 231 g/mol. The number of hydrogen-bond donors (Lipinski definition) is 1. The zero-order chi connectivity index (χ0) is 13.0. The molecule has 2 rings (SSSR count). The molecule has 1 aromatic carbocycles. The van der Waals surface area contributed by atoms with E-state index in [2.05, 4.69) is 10.4 Å². The summed E-state index contributed by atoms with van der Waals surface area (Å²) in [6.45, 7) is 1.00. The fraction of sp³-hybridized carbons (Fsp3) is 0.231. The number of nitrogens with one attached hydrogen (secondary N) is 1. The number of halogens is 1. The van der Waals surface area contributed by atoms with Crippen LogP contribution in [0.1, 0.15) is 16.7 Å². The average molecular weight is 244 g/mol. The largest absolute Gasteiger partial charge is 0.308 e. The lowest BCUT2D eigenvalue weighted by atomic mass is 10.1. The second-order valence-electron chi connectivity index (χ2n) is 4.04. The van der Waals surface area contributed by atoms with Gasteiger partial charge in [0.25, 0.3) is 0 Å². The van der Waals surface area contributed by atoms with E-state index in [0.717, 1.165) is 5.56 Å². The molecule has 0 amide bonds. The molecule has 0 saturated heterocycles. The molecule has 1 N–H and O–H groups in total. The third-order valence-corrected chi connectivity index (χ3v) is 2.58. The average Bonchev–Trinajstić information content (AvgIpc) is 2.77. The topological polar surface area (TPSA) is 53.6 Å². The molecule has 18 heavy (non-hydrogen) atoms. The number of nitrogens with zero attached hydrogens (tertiary/aromatic N) is 3. The van der Waals surface area contributed by atoms with E-state index in [1.165, 1.54) is 12.1 Å². The van der Waals surface area contributed by atoms with Crippen LogP contribution in [0.2, 0.25) is 0 Å². The minimum atomic E-state index is -0.298. The summed E-state index contributed by atoms with van der Waals surface area (Å²) in [4.78, 5) is 0. The molecule has 0 bridgehead atoms. The highest BCUT2D eigenvalue weighted by Crippen LogP contribution is 2.10. The zero-order valence-electron chi connectivity index (χ0n) is 10.0. The van der Waals surface area contributed by atoms with Crippen LogP contribution in [-0.4, -0.2) is 9.78 Å². The maximum atomic E-state index is 13.5. The van der Waals surface area contributed by atoms with E-state index >= 15 is 0 Å². The Labute approximate surface area is 105 Å². The summed E-state index contributed by atoms with van der Waals surface area (Å²) >= 11 is 0. The minimum absolute atomic E-state index is 0.298. The fourth-order valence-electron chi connectivity index (χ4n) is 1.68. The van der Waals surface area contributed by atoms with E-state index in [1.54, 1.807) is 16.9 Å². The maximum Gasteiger partial charge on any atom is 0.127 e. The van der Waals surface area contributed by atoms with E-state index < -0.39 is 0 Å². The molecule has 0 saturated carbocycles. The van der Waals surface area contributed by atoms with Gasteiger partial charge in [-0.1, -0.05) is 0 Å². The first-order valence-corrected chi connectivity index (χ1v) is 5.56. The van der Waals surface area contributed by atoms with Gasteiger partial charge in [0.2, 0.25) is 0 Å². The van der Waals surface area contributed by atoms with Gasteiger partial charge in [0.15, 0.2) is 0 Å². The molecule has 0 unspecified atom stereocenters. The number of nitriles is 1. The first-order valence-electron chi connectivity index (χ1n) is 5.56. The summed E-state index contributed by atoms with van der Waals surface area (Å²) in [5, 5.41) is 15.9. The maximum absolute atomic E-state index is 13.5. The van der Waals surface area contributed by atoms with Crippen molar-refractivity contribution in [2.45, 2.75) is 13.1 Å². The molecule has 0 aliphatic carbocycles. The van der Waals surface area contributed by atoms with Gasteiger partial charge in [-0.05, 0) is 18.2 Å². The molecule has 1 aromatic heterocycles. The van der Waals surface area contributed by atoms with Gasteiger partial charge in [-0.3, -0.25) is 4.68 Å². The molecule has 4 nitrogen and oxygen atoms in total. The van der Waals surface area contributed by atoms with Crippen molar-refractivity contribution < 1.29 is 4.39 Å². The predicted octanol–water partition coefficient (Wildman–Crippen LogP) is 1.72. The van der Waals surface area contributed by atoms with Gasteiger partial charge in [0.05, 0.1) is 17.8 Å². The first-order chi connectivity index (χ1) is 8.69. The van der Waals surface area contributed by atoms with Gasteiger partial charge in [-0.15, -0.1) is 0 Å². The second-order valence-corrected chi connectivity index (χ2v) is 4.04. The molecule has 2 aromatic rings. The highest BCUT2D eigenvalue weighted by Gasteiger charge is 2.03. The van der Waals surface area contributed by atoms with Crippen LogP contribution in [0.15, 0.2) is 30.6 Å². The van der Waals surface area contributed by atoms with Crippen LogP contribution >= 0.6 is 0 Å². The first kappa shape index (κ1) is 12.3. The number of rotatable bonds is 4. The highest BCUT2D eigenvalue weighted by molar-refractivity contribution is 5.33. The Morgan fingerprint density at radius 3 is 2.94 bits per heavy atom. The lowest BCUT2D eigenvalue weighted by molar-refractivity contribution is 0.587. The van der Waals surface area contributed by atoms with Crippen molar-refractivity contribution in [3.05, 3.63) is 53.1 Å². The Balaban J connectivity index is 1.96. The van der Waals surface area contributed by atoms with Gasteiger partial charge in [-0.25, -0.2) is 4.39 Å². The Morgan fingerprint density at radius 2 is 2.28 bits per heavy atom. The molecule has 0 radical (unpaired) electrons. The van der Waals surface area contributed by atoms with E-state index in [0.29, 0.717) is 24.2 Å². The summed E-state index contributed by atoms with van der Waals surface area (Å²) in [6, 6.07) is 6.35. The van der Waals surface area contributed by atoms with Crippen molar-refractivity contribution in [1.82, 2.24) is 15.1 Å². The molecule has 5 heteroatoms. The van der Waals surface area contributed by atoms with Crippen molar-refractivity contribution >= 4 is 0 Å². The summed E-state index contributed by atoms with van der Waals surface area (Å²) in [7, 11) is 1.85. The summed E-state index contributed by atoms with van der Waals surface area (Å²) in [5.74, 6) is -0.298. The van der Waals surface area contributed by atoms with Crippen LogP contribution < -0.4 is 5.32 Å². The van der Waals surface area contributed by atoms with Gasteiger partial charge < -0.3 is 5.32 Å². The van der Waals surface area contributed by atoms with Crippen LogP contribution in [0.3, 0.4) is 0 Å². The van der Waals surface area contributed by atoms with Gasteiger partial charge in [0.1, 0.15) is 5.82 Å². The molecule has 92 valence electrons. The van der Waals surface area contributed by atoms with Crippen molar-refractivity contribution in [3.63, 3.8) is 0 Å². The van der Waals surface area contributed by atoms with Crippen molar-refractivity contribution in [2.75, 3.05) is 0 Å². The van der Waals surface area contributed by atoms with E-state index in [9.17, 15) is 4.39 Å². The second kappa shape index (κ2) is 5.43. The monoisotopic (exact) mass is 244 g/mol. The Kier molecular flexibility index (Phi) is 3.70. The Bertz CT molecular complexity index is 583. The number of aryl methyl sites for hydroxylation is 1.